The van der Waals surface area contributed by atoms with Crippen LogP contribution in [0.1, 0.15) is 24.0 Å². The van der Waals surface area contributed by atoms with Crippen molar-refractivity contribution in [3.63, 3.8) is 0 Å². The Bertz CT molecular complexity index is 558. The van der Waals surface area contributed by atoms with Gasteiger partial charge in [0.2, 0.25) is 11.8 Å². The van der Waals surface area contributed by atoms with Crippen LogP contribution in [0.2, 0.25) is 0 Å². The molecule has 0 aromatic heterocycles. The number of hydrogen-bond donors (Lipinski definition) is 1. The largest absolute Gasteiger partial charge is 0.352 e. The molecule has 23 heavy (non-hydrogen) atoms. The Balaban J connectivity index is 1.41. The Labute approximate surface area is 137 Å². The zero-order valence-corrected chi connectivity index (χ0v) is 13.8. The third-order valence-electron chi connectivity index (χ3n) is 4.51. The summed E-state index contributed by atoms with van der Waals surface area (Å²) in [6.07, 6.45) is 2.70. The summed E-state index contributed by atoms with van der Waals surface area (Å²) in [5.41, 5.74) is 2.27. The van der Waals surface area contributed by atoms with Gasteiger partial charge in [-0.1, -0.05) is 29.8 Å². The van der Waals surface area contributed by atoms with Gasteiger partial charge in [0.25, 0.3) is 0 Å². The van der Waals surface area contributed by atoms with Crippen molar-refractivity contribution in [2.24, 2.45) is 0 Å². The molecular formula is C18H25N3O2. The van der Waals surface area contributed by atoms with E-state index in [0.717, 1.165) is 31.5 Å². The van der Waals surface area contributed by atoms with Crippen LogP contribution < -0.4 is 5.32 Å². The number of carbonyl (C=O) groups is 2. The summed E-state index contributed by atoms with van der Waals surface area (Å²) >= 11 is 0. The van der Waals surface area contributed by atoms with Gasteiger partial charge in [-0.2, -0.15) is 0 Å². The number of nitrogens with zero attached hydrogens (tertiary/aromatic N) is 2. The van der Waals surface area contributed by atoms with Crippen molar-refractivity contribution < 1.29 is 9.59 Å². The summed E-state index contributed by atoms with van der Waals surface area (Å²) in [6.45, 7) is 5.47. The first-order chi connectivity index (χ1) is 11.1. The summed E-state index contributed by atoms with van der Waals surface area (Å²) < 4.78 is 0. The average Bonchev–Trinajstić information content (AvgIpc) is 3.34. The maximum atomic E-state index is 12.4. The van der Waals surface area contributed by atoms with Crippen LogP contribution >= 0.6 is 0 Å². The second-order valence-electron chi connectivity index (χ2n) is 6.66. The van der Waals surface area contributed by atoms with Crippen LogP contribution in [0.15, 0.2) is 24.3 Å². The molecular weight excluding hydrogens is 290 g/mol. The van der Waals surface area contributed by atoms with E-state index in [-0.39, 0.29) is 11.8 Å². The molecule has 1 saturated carbocycles. The van der Waals surface area contributed by atoms with Crippen molar-refractivity contribution in [1.82, 2.24) is 15.1 Å². The molecule has 0 radical (unpaired) electrons. The van der Waals surface area contributed by atoms with Crippen LogP contribution in [0, 0.1) is 6.92 Å². The molecule has 1 saturated heterocycles. The Morgan fingerprint density at radius 3 is 2.35 bits per heavy atom. The standard InChI is InChI=1S/C18H25N3O2/c1-14-2-4-15(5-3-14)12-18(23)21-10-8-20(9-11-21)13-17(22)19-16-6-7-16/h2-5,16H,6-13H2,1H3,(H,19,22). The van der Waals surface area contributed by atoms with Gasteiger partial charge in [-0.3, -0.25) is 14.5 Å². The quantitative estimate of drug-likeness (QED) is 0.880. The predicted molar refractivity (Wildman–Crippen MR) is 89.1 cm³/mol. The van der Waals surface area contributed by atoms with Gasteiger partial charge in [0.15, 0.2) is 0 Å². The Morgan fingerprint density at radius 2 is 1.74 bits per heavy atom. The third-order valence-corrected chi connectivity index (χ3v) is 4.51. The molecule has 1 aromatic carbocycles. The van der Waals surface area contributed by atoms with Crippen molar-refractivity contribution in [3.8, 4) is 0 Å². The fraction of sp³-hybridized carbons (Fsp3) is 0.556. The normalized spacial score (nSPS) is 18.7. The van der Waals surface area contributed by atoms with Crippen LogP contribution in [0.3, 0.4) is 0 Å². The number of aryl methyl sites for hydroxylation is 1. The first-order valence-corrected chi connectivity index (χ1v) is 8.45. The van der Waals surface area contributed by atoms with E-state index in [4.69, 9.17) is 0 Å². The number of hydrogen-bond acceptors (Lipinski definition) is 3. The second kappa shape index (κ2) is 7.13. The van der Waals surface area contributed by atoms with Gasteiger partial charge in [-0.25, -0.2) is 0 Å². The minimum atomic E-state index is 0.118. The van der Waals surface area contributed by atoms with E-state index in [1.54, 1.807) is 0 Å². The molecule has 2 aliphatic rings. The lowest BCUT2D eigenvalue weighted by Gasteiger charge is -2.34. The van der Waals surface area contributed by atoms with Gasteiger partial charge in [0, 0.05) is 32.2 Å². The molecule has 1 heterocycles. The number of benzene rings is 1. The van der Waals surface area contributed by atoms with E-state index >= 15 is 0 Å². The predicted octanol–water partition coefficient (Wildman–Crippen LogP) is 0.960. The van der Waals surface area contributed by atoms with E-state index in [0.29, 0.717) is 32.1 Å². The Hall–Kier alpha value is -1.88. The van der Waals surface area contributed by atoms with Gasteiger partial charge < -0.3 is 10.2 Å². The van der Waals surface area contributed by atoms with Gasteiger partial charge >= 0.3 is 0 Å². The summed E-state index contributed by atoms with van der Waals surface area (Å²) in [5.74, 6) is 0.294. The van der Waals surface area contributed by atoms with Crippen molar-refractivity contribution in [2.75, 3.05) is 32.7 Å². The molecule has 2 amide bonds. The zero-order chi connectivity index (χ0) is 16.2. The summed E-state index contributed by atoms with van der Waals surface area (Å²) in [6, 6.07) is 8.54. The summed E-state index contributed by atoms with van der Waals surface area (Å²) in [4.78, 5) is 28.2. The van der Waals surface area contributed by atoms with Crippen molar-refractivity contribution in [1.29, 1.82) is 0 Å². The number of piperazine rings is 1. The fourth-order valence-electron chi connectivity index (χ4n) is 2.85. The third kappa shape index (κ3) is 4.79. The van der Waals surface area contributed by atoms with Crippen molar-refractivity contribution in [3.05, 3.63) is 35.4 Å². The van der Waals surface area contributed by atoms with E-state index in [2.05, 4.69) is 10.2 Å². The summed E-state index contributed by atoms with van der Waals surface area (Å²) in [7, 11) is 0. The molecule has 0 atom stereocenters. The highest BCUT2D eigenvalue weighted by Crippen LogP contribution is 2.18. The average molecular weight is 315 g/mol. The molecule has 1 N–H and O–H groups in total. The zero-order valence-electron chi connectivity index (χ0n) is 13.8. The number of carbonyl (C=O) groups excluding carboxylic acids is 2. The molecule has 0 bridgehead atoms. The van der Waals surface area contributed by atoms with E-state index in [1.807, 2.05) is 36.1 Å². The molecule has 0 spiro atoms. The van der Waals surface area contributed by atoms with Crippen molar-refractivity contribution >= 4 is 11.8 Å². The molecule has 1 aromatic rings. The SMILES string of the molecule is Cc1ccc(CC(=O)N2CCN(CC(=O)NC3CC3)CC2)cc1. The van der Waals surface area contributed by atoms with Gasteiger partial charge in [0.05, 0.1) is 13.0 Å². The second-order valence-corrected chi connectivity index (χ2v) is 6.66. The highest BCUT2D eigenvalue weighted by molar-refractivity contribution is 5.79. The molecule has 1 aliphatic heterocycles. The van der Waals surface area contributed by atoms with Gasteiger partial charge in [-0.15, -0.1) is 0 Å². The Kier molecular flexibility index (Phi) is 4.96. The minimum absolute atomic E-state index is 0.118. The maximum absolute atomic E-state index is 12.4. The molecule has 1 aliphatic carbocycles. The lowest BCUT2D eigenvalue weighted by atomic mass is 10.1. The summed E-state index contributed by atoms with van der Waals surface area (Å²) in [5, 5.41) is 3.01. The topological polar surface area (TPSA) is 52.7 Å². The first-order valence-electron chi connectivity index (χ1n) is 8.45. The van der Waals surface area contributed by atoms with E-state index in [1.165, 1.54) is 5.56 Å². The van der Waals surface area contributed by atoms with Crippen LogP contribution in [-0.4, -0.2) is 60.4 Å². The highest BCUT2D eigenvalue weighted by Gasteiger charge is 2.26. The fourth-order valence-corrected chi connectivity index (χ4v) is 2.85. The molecule has 5 heteroatoms. The van der Waals surface area contributed by atoms with Crippen LogP contribution in [0.25, 0.3) is 0 Å². The highest BCUT2D eigenvalue weighted by atomic mass is 16.2. The molecule has 3 rings (SSSR count). The van der Waals surface area contributed by atoms with Crippen LogP contribution in [0.5, 0.6) is 0 Å². The van der Waals surface area contributed by atoms with Crippen molar-refractivity contribution in [2.45, 2.75) is 32.2 Å². The number of amides is 2. The van der Waals surface area contributed by atoms with Gasteiger partial charge in [-0.05, 0) is 25.3 Å². The lowest BCUT2D eigenvalue weighted by Crippen LogP contribution is -2.51. The Morgan fingerprint density at radius 1 is 1.09 bits per heavy atom. The van der Waals surface area contributed by atoms with E-state index < -0.39 is 0 Å². The van der Waals surface area contributed by atoms with E-state index in [9.17, 15) is 9.59 Å². The number of nitrogens with one attached hydrogen (secondary N) is 1. The maximum Gasteiger partial charge on any atom is 0.234 e. The van der Waals surface area contributed by atoms with Crippen LogP contribution in [0.4, 0.5) is 0 Å². The monoisotopic (exact) mass is 315 g/mol. The molecule has 5 nitrogen and oxygen atoms in total. The molecule has 2 fully saturated rings. The molecule has 0 unspecified atom stereocenters. The first kappa shape index (κ1) is 16.0. The minimum Gasteiger partial charge on any atom is -0.352 e. The number of rotatable bonds is 5. The molecule has 124 valence electrons. The lowest BCUT2D eigenvalue weighted by molar-refractivity contribution is -0.132. The van der Waals surface area contributed by atoms with Gasteiger partial charge in [0.1, 0.15) is 0 Å². The smallest absolute Gasteiger partial charge is 0.234 e. The van der Waals surface area contributed by atoms with Crippen LogP contribution in [-0.2, 0) is 16.0 Å².